The summed E-state index contributed by atoms with van der Waals surface area (Å²) in [6.07, 6.45) is 1.54. The first-order valence-corrected chi connectivity index (χ1v) is 6.47. The molecule has 20 heavy (non-hydrogen) atoms. The number of hydrogen-bond donors (Lipinski definition) is 1. The van der Waals surface area contributed by atoms with Crippen LogP contribution in [-0.4, -0.2) is 10.1 Å². The van der Waals surface area contributed by atoms with Gasteiger partial charge in [0.05, 0.1) is 11.6 Å². The average Bonchev–Trinajstić information content (AvgIpc) is 2.45. The summed E-state index contributed by atoms with van der Waals surface area (Å²) in [7, 11) is 0. The Bertz CT molecular complexity index is 669. The molecule has 4 nitrogen and oxygen atoms in total. The lowest BCUT2D eigenvalue weighted by molar-refractivity contribution is 0.259. The Morgan fingerprint density at radius 1 is 1.30 bits per heavy atom. The maximum absolute atomic E-state index is 9.30. The molecule has 1 aromatic heterocycles. The van der Waals surface area contributed by atoms with E-state index in [0.29, 0.717) is 32.6 Å². The molecular weight excluding hydrogens is 299 g/mol. The quantitative estimate of drug-likeness (QED) is 0.940. The van der Waals surface area contributed by atoms with Crippen molar-refractivity contribution in [1.29, 1.82) is 5.26 Å². The Kier molecular flexibility index (Phi) is 4.80. The van der Waals surface area contributed by atoms with Crippen molar-refractivity contribution in [1.82, 2.24) is 4.98 Å². The molecule has 0 aliphatic heterocycles. The minimum Gasteiger partial charge on any atom is -0.487 e. The van der Waals surface area contributed by atoms with Crippen molar-refractivity contribution < 1.29 is 9.84 Å². The number of aromatic nitrogens is 1. The van der Waals surface area contributed by atoms with Gasteiger partial charge in [-0.2, -0.15) is 5.26 Å². The van der Waals surface area contributed by atoms with E-state index >= 15 is 0 Å². The molecule has 0 bridgehead atoms. The number of pyridine rings is 1. The second-order valence-corrected chi connectivity index (χ2v) is 4.79. The van der Waals surface area contributed by atoms with Gasteiger partial charge in [-0.25, -0.2) is 4.98 Å². The predicted octanol–water partition coefficient (Wildman–Crippen LogP) is 3.33. The lowest BCUT2D eigenvalue weighted by atomic mass is 10.2. The lowest BCUT2D eigenvalue weighted by Gasteiger charge is -2.13. The Morgan fingerprint density at radius 3 is 2.80 bits per heavy atom. The monoisotopic (exact) mass is 308 g/mol. The highest BCUT2D eigenvalue weighted by Gasteiger charge is 2.11. The van der Waals surface area contributed by atoms with Gasteiger partial charge >= 0.3 is 0 Å². The zero-order valence-corrected chi connectivity index (χ0v) is 11.8. The van der Waals surface area contributed by atoms with Gasteiger partial charge in [0, 0.05) is 22.3 Å². The van der Waals surface area contributed by atoms with Crippen molar-refractivity contribution in [3.63, 3.8) is 0 Å². The highest BCUT2D eigenvalue weighted by atomic mass is 35.5. The zero-order valence-electron chi connectivity index (χ0n) is 10.3. The van der Waals surface area contributed by atoms with Crippen molar-refractivity contribution in [3.05, 3.63) is 57.3 Å². The average molecular weight is 309 g/mol. The van der Waals surface area contributed by atoms with Crippen LogP contribution < -0.4 is 4.74 Å². The summed E-state index contributed by atoms with van der Waals surface area (Å²) in [6.45, 7) is -0.112. The van der Waals surface area contributed by atoms with Crippen LogP contribution in [0, 0.1) is 11.3 Å². The fraction of sp³-hybridized carbons (Fsp3) is 0.143. The summed E-state index contributed by atoms with van der Waals surface area (Å²) in [5.41, 5.74) is 1.43. The summed E-state index contributed by atoms with van der Waals surface area (Å²) in [5.74, 6) is 0.353. The Labute approximate surface area is 126 Å². The van der Waals surface area contributed by atoms with Gasteiger partial charge in [0.2, 0.25) is 0 Å². The fourth-order valence-electron chi connectivity index (χ4n) is 1.70. The van der Waals surface area contributed by atoms with E-state index in [1.54, 1.807) is 18.2 Å². The summed E-state index contributed by atoms with van der Waals surface area (Å²) in [5, 5.41) is 19.0. The van der Waals surface area contributed by atoms with Gasteiger partial charge in [0.15, 0.2) is 0 Å². The molecule has 0 fully saturated rings. The molecule has 0 unspecified atom stereocenters. The summed E-state index contributed by atoms with van der Waals surface area (Å²) in [4.78, 5) is 3.94. The number of aliphatic hydroxyl groups is 1. The van der Waals surface area contributed by atoms with Crippen LogP contribution in [0.4, 0.5) is 0 Å². The molecule has 1 heterocycles. The Hall–Kier alpha value is -1.80. The van der Waals surface area contributed by atoms with E-state index in [0.717, 1.165) is 0 Å². The number of nitriles is 1. The number of rotatable bonds is 4. The van der Waals surface area contributed by atoms with Crippen LogP contribution in [0.15, 0.2) is 30.5 Å². The molecule has 2 rings (SSSR count). The van der Waals surface area contributed by atoms with Gasteiger partial charge in [-0.05, 0) is 18.2 Å². The topological polar surface area (TPSA) is 66.1 Å². The van der Waals surface area contributed by atoms with Gasteiger partial charge in [0.1, 0.15) is 24.1 Å². The summed E-state index contributed by atoms with van der Waals surface area (Å²) in [6, 6.07) is 8.57. The van der Waals surface area contributed by atoms with Crippen molar-refractivity contribution in [3.8, 4) is 11.8 Å². The largest absolute Gasteiger partial charge is 0.487 e. The molecule has 0 amide bonds. The van der Waals surface area contributed by atoms with E-state index in [4.69, 9.17) is 33.2 Å². The van der Waals surface area contributed by atoms with Crippen LogP contribution in [-0.2, 0) is 13.2 Å². The summed E-state index contributed by atoms with van der Waals surface area (Å²) < 4.78 is 5.60. The van der Waals surface area contributed by atoms with E-state index in [1.165, 1.54) is 12.3 Å². The molecule has 0 aliphatic rings. The zero-order chi connectivity index (χ0) is 14.5. The SMILES string of the molecule is N#Cc1ncccc1COc1c(Cl)cc(Cl)cc1CO. The van der Waals surface area contributed by atoms with Crippen molar-refractivity contribution in [2.45, 2.75) is 13.2 Å². The van der Waals surface area contributed by atoms with E-state index < -0.39 is 0 Å². The lowest BCUT2D eigenvalue weighted by Crippen LogP contribution is -2.02. The molecule has 2 aromatic rings. The van der Waals surface area contributed by atoms with Crippen LogP contribution in [0.2, 0.25) is 10.0 Å². The van der Waals surface area contributed by atoms with Gasteiger partial charge < -0.3 is 9.84 Å². The predicted molar refractivity (Wildman–Crippen MR) is 75.7 cm³/mol. The van der Waals surface area contributed by atoms with Gasteiger partial charge in [-0.3, -0.25) is 0 Å². The van der Waals surface area contributed by atoms with E-state index in [2.05, 4.69) is 4.98 Å². The molecule has 1 N–H and O–H groups in total. The maximum atomic E-state index is 9.30. The first-order valence-electron chi connectivity index (χ1n) is 5.71. The molecule has 0 aliphatic carbocycles. The van der Waals surface area contributed by atoms with Crippen LogP contribution in [0.1, 0.15) is 16.8 Å². The third-order valence-electron chi connectivity index (χ3n) is 2.62. The van der Waals surface area contributed by atoms with Gasteiger partial charge in [-0.1, -0.05) is 29.3 Å². The third-order valence-corrected chi connectivity index (χ3v) is 3.12. The van der Waals surface area contributed by atoms with Crippen molar-refractivity contribution >= 4 is 23.2 Å². The first-order chi connectivity index (χ1) is 9.65. The van der Waals surface area contributed by atoms with Crippen LogP contribution in [0.25, 0.3) is 0 Å². The molecule has 0 radical (unpaired) electrons. The summed E-state index contributed by atoms with van der Waals surface area (Å²) >= 11 is 11.9. The molecule has 6 heteroatoms. The second kappa shape index (κ2) is 6.58. The number of hydrogen-bond acceptors (Lipinski definition) is 4. The van der Waals surface area contributed by atoms with Crippen molar-refractivity contribution in [2.24, 2.45) is 0 Å². The fourth-order valence-corrected chi connectivity index (χ4v) is 2.29. The number of benzene rings is 1. The van der Waals surface area contributed by atoms with Gasteiger partial charge in [-0.15, -0.1) is 0 Å². The third kappa shape index (κ3) is 3.20. The second-order valence-electron chi connectivity index (χ2n) is 3.95. The molecule has 0 saturated carbocycles. The highest BCUT2D eigenvalue weighted by molar-refractivity contribution is 6.35. The number of halogens is 2. The molecular formula is C14H10Cl2N2O2. The Morgan fingerprint density at radius 2 is 2.10 bits per heavy atom. The van der Waals surface area contributed by atoms with E-state index in [1.807, 2.05) is 6.07 Å². The standard InChI is InChI=1S/C14H10Cl2N2O2/c15-11-4-10(7-19)14(12(16)5-11)20-8-9-2-1-3-18-13(9)6-17/h1-5,19H,7-8H2. The number of ether oxygens (including phenoxy) is 1. The molecule has 0 atom stereocenters. The number of aliphatic hydroxyl groups excluding tert-OH is 1. The highest BCUT2D eigenvalue weighted by Crippen LogP contribution is 2.33. The molecule has 0 spiro atoms. The van der Waals surface area contributed by atoms with Crippen LogP contribution in [0.3, 0.4) is 0 Å². The molecule has 0 saturated heterocycles. The van der Waals surface area contributed by atoms with Crippen LogP contribution >= 0.6 is 23.2 Å². The minimum absolute atomic E-state index is 0.130. The van der Waals surface area contributed by atoms with E-state index in [9.17, 15) is 5.11 Å². The minimum atomic E-state index is -0.242. The van der Waals surface area contributed by atoms with Gasteiger partial charge in [0.25, 0.3) is 0 Å². The molecule has 1 aromatic carbocycles. The molecule has 102 valence electrons. The normalized spacial score (nSPS) is 10.1. The smallest absolute Gasteiger partial charge is 0.147 e. The van der Waals surface area contributed by atoms with Crippen LogP contribution in [0.5, 0.6) is 5.75 Å². The van der Waals surface area contributed by atoms with Crippen molar-refractivity contribution in [2.75, 3.05) is 0 Å². The van der Waals surface area contributed by atoms with E-state index in [-0.39, 0.29) is 13.2 Å². The maximum Gasteiger partial charge on any atom is 0.147 e. The Balaban J connectivity index is 2.25. The first kappa shape index (κ1) is 14.6. The number of nitrogens with zero attached hydrogens (tertiary/aromatic N) is 2.